The second-order valence-electron chi connectivity index (χ2n) is 3.24. The average Bonchev–Trinajstić information content (AvgIpc) is 2.26. The quantitative estimate of drug-likeness (QED) is 0.582. The Hall–Kier alpha value is -1.40. The standard InChI is InChI=1S/C10H18N4O2/c1-2-16-7-10-13-8(11)6-9(14-10)12-4-3-5-15/h6,15H,2-5,7H2,1H3,(H3,11,12,13,14). The van der Waals surface area contributed by atoms with Crippen molar-refractivity contribution >= 4 is 11.6 Å². The van der Waals surface area contributed by atoms with E-state index in [1.54, 1.807) is 6.07 Å². The SMILES string of the molecule is CCOCc1nc(N)cc(NCCCO)n1. The number of hydrogen-bond donors (Lipinski definition) is 3. The van der Waals surface area contributed by atoms with Gasteiger partial charge in [-0.05, 0) is 13.3 Å². The number of aliphatic hydroxyl groups excluding tert-OH is 1. The number of nitrogens with two attached hydrogens (primary N) is 1. The predicted molar refractivity (Wildman–Crippen MR) is 62.0 cm³/mol. The molecule has 1 aromatic heterocycles. The van der Waals surface area contributed by atoms with E-state index in [1.807, 2.05) is 6.92 Å². The fraction of sp³-hybridized carbons (Fsp3) is 0.600. The van der Waals surface area contributed by atoms with Gasteiger partial charge < -0.3 is 20.9 Å². The molecule has 1 rings (SSSR count). The molecule has 4 N–H and O–H groups in total. The van der Waals surface area contributed by atoms with Gasteiger partial charge in [0.15, 0.2) is 5.82 Å². The van der Waals surface area contributed by atoms with Crippen molar-refractivity contribution in [2.45, 2.75) is 20.0 Å². The molecular formula is C10H18N4O2. The van der Waals surface area contributed by atoms with Gasteiger partial charge in [0.05, 0.1) is 0 Å². The van der Waals surface area contributed by atoms with Crippen molar-refractivity contribution in [1.82, 2.24) is 9.97 Å². The minimum absolute atomic E-state index is 0.152. The lowest BCUT2D eigenvalue weighted by molar-refractivity contribution is 0.128. The van der Waals surface area contributed by atoms with Crippen LogP contribution in [0.2, 0.25) is 0 Å². The number of nitrogens with one attached hydrogen (secondary N) is 1. The molecule has 0 spiro atoms. The minimum Gasteiger partial charge on any atom is -0.396 e. The Bertz CT molecular complexity index is 320. The molecule has 1 heterocycles. The number of anilines is 2. The van der Waals surface area contributed by atoms with Gasteiger partial charge in [0, 0.05) is 25.8 Å². The summed E-state index contributed by atoms with van der Waals surface area (Å²) in [6, 6.07) is 1.66. The van der Waals surface area contributed by atoms with E-state index in [0.29, 0.717) is 43.6 Å². The Morgan fingerprint density at radius 2 is 2.31 bits per heavy atom. The molecule has 16 heavy (non-hydrogen) atoms. The summed E-state index contributed by atoms with van der Waals surface area (Å²) in [6.45, 7) is 3.69. The summed E-state index contributed by atoms with van der Waals surface area (Å²) in [5.74, 6) is 1.64. The smallest absolute Gasteiger partial charge is 0.158 e. The van der Waals surface area contributed by atoms with Crippen molar-refractivity contribution in [3.63, 3.8) is 0 Å². The molecule has 0 fully saturated rings. The highest BCUT2D eigenvalue weighted by Crippen LogP contribution is 2.08. The summed E-state index contributed by atoms with van der Waals surface area (Å²) in [6.07, 6.45) is 0.671. The number of ether oxygens (including phenoxy) is 1. The highest BCUT2D eigenvalue weighted by Gasteiger charge is 2.02. The summed E-state index contributed by atoms with van der Waals surface area (Å²) in [5.41, 5.74) is 5.64. The van der Waals surface area contributed by atoms with Crippen LogP contribution in [0.1, 0.15) is 19.2 Å². The lowest BCUT2D eigenvalue weighted by atomic mass is 10.4. The van der Waals surface area contributed by atoms with Gasteiger partial charge in [-0.3, -0.25) is 0 Å². The summed E-state index contributed by atoms with van der Waals surface area (Å²) in [7, 11) is 0. The predicted octanol–water partition coefficient (Wildman–Crippen LogP) is 0.390. The molecule has 0 amide bonds. The topological polar surface area (TPSA) is 93.3 Å². The fourth-order valence-corrected chi connectivity index (χ4v) is 1.16. The average molecular weight is 226 g/mol. The van der Waals surface area contributed by atoms with Crippen LogP contribution in [0.15, 0.2) is 6.07 Å². The van der Waals surface area contributed by atoms with Gasteiger partial charge in [-0.15, -0.1) is 0 Å². The molecule has 0 atom stereocenters. The van der Waals surface area contributed by atoms with E-state index < -0.39 is 0 Å². The molecule has 0 radical (unpaired) electrons. The number of rotatable bonds is 7. The first-order valence-corrected chi connectivity index (χ1v) is 5.32. The zero-order valence-electron chi connectivity index (χ0n) is 9.44. The third-order valence-corrected chi connectivity index (χ3v) is 1.87. The van der Waals surface area contributed by atoms with Gasteiger partial charge in [-0.2, -0.15) is 0 Å². The van der Waals surface area contributed by atoms with Crippen molar-refractivity contribution in [2.24, 2.45) is 0 Å². The molecule has 6 nitrogen and oxygen atoms in total. The van der Waals surface area contributed by atoms with Crippen molar-refractivity contribution in [1.29, 1.82) is 0 Å². The molecule has 0 saturated carbocycles. The van der Waals surface area contributed by atoms with E-state index in [4.69, 9.17) is 15.6 Å². The van der Waals surface area contributed by atoms with Gasteiger partial charge in [0.2, 0.25) is 0 Å². The van der Waals surface area contributed by atoms with Crippen molar-refractivity contribution in [2.75, 3.05) is 30.8 Å². The van der Waals surface area contributed by atoms with Crippen LogP contribution in [-0.2, 0) is 11.3 Å². The molecule has 1 aromatic rings. The maximum Gasteiger partial charge on any atom is 0.158 e. The first-order chi connectivity index (χ1) is 7.76. The highest BCUT2D eigenvalue weighted by molar-refractivity contribution is 5.44. The Balaban J connectivity index is 2.58. The van der Waals surface area contributed by atoms with Crippen LogP contribution in [0.5, 0.6) is 0 Å². The van der Waals surface area contributed by atoms with E-state index in [0.717, 1.165) is 0 Å². The maximum absolute atomic E-state index is 8.65. The van der Waals surface area contributed by atoms with Gasteiger partial charge in [0.25, 0.3) is 0 Å². The van der Waals surface area contributed by atoms with E-state index in [9.17, 15) is 0 Å². The van der Waals surface area contributed by atoms with E-state index >= 15 is 0 Å². The van der Waals surface area contributed by atoms with Crippen LogP contribution in [-0.4, -0.2) is 34.8 Å². The van der Waals surface area contributed by atoms with Crippen LogP contribution in [0.4, 0.5) is 11.6 Å². The molecule has 0 unspecified atom stereocenters. The van der Waals surface area contributed by atoms with E-state index in [-0.39, 0.29) is 6.61 Å². The zero-order chi connectivity index (χ0) is 11.8. The number of hydrogen-bond acceptors (Lipinski definition) is 6. The number of aliphatic hydroxyl groups is 1. The van der Waals surface area contributed by atoms with Crippen LogP contribution >= 0.6 is 0 Å². The normalized spacial score (nSPS) is 10.4. The molecule has 0 aliphatic rings. The first kappa shape index (κ1) is 12.7. The Kier molecular flexibility index (Phi) is 5.52. The van der Waals surface area contributed by atoms with Gasteiger partial charge in [0.1, 0.15) is 18.2 Å². The molecule has 0 saturated heterocycles. The summed E-state index contributed by atoms with van der Waals surface area (Å²) < 4.78 is 5.21. The summed E-state index contributed by atoms with van der Waals surface area (Å²) >= 11 is 0. The molecule has 90 valence electrons. The number of nitrogen functional groups attached to an aromatic ring is 1. The third-order valence-electron chi connectivity index (χ3n) is 1.87. The van der Waals surface area contributed by atoms with Crippen molar-refractivity contribution < 1.29 is 9.84 Å². The van der Waals surface area contributed by atoms with Gasteiger partial charge >= 0.3 is 0 Å². The van der Waals surface area contributed by atoms with Crippen LogP contribution < -0.4 is 11.1 Å². The second-order valence-corrected chi connectivity index (χ2v) is 3.24. The van der Waals surface area contributed by atoms with Crippen molar-refractivity contribution in [3.8, 4) is 0 Å². The Morgan fingerprint density at radius 3 is 3.00 bits per heavy atom. The molecule has 0 aliphatic carbocycles. The molecule has 0 bridgehead atoms. The highest BCUT2D eigenvalue weighted by atomic mass is 16.5. The lowest BCUT2D eigenvalue weighted by Crippen LogP contribution is -2.09. The number of aromatic nitrogens is 2. The Morgan fingerprint density at radius 1 is 1.50 bits per heavy atom. The summed E-state index contributed by atoms with van der Waals surface area (Å²) in [4.78, 5) is 8.29. The lowest BCUT2D eigenvalue weighted by Gasteiger charge is -2.07. The monoisotopic (exact) mass is 226 g/mol. The summed E-state index contributed by atoms with van der Waals surface area (Å²) in [5, 5.41) is 11.7. The second kappa shape index (κ2) is 6.97. The first-order valence-electron chi connectivity index (χ1n) is 5.32. The molecule has 0 aliphatic heterocycles. The fourth-order valence-electron chi connectivity index (χ4n) is 1.16. The number of nitrogens with zero attached hydrogens (tertiary/aromatic N) is 2. The van der Waals surface area contributed by atoms with E-state index in [1.165, 1.54) is 0 Å². The molecular weight excluding hydrogens is 208 g/mol. The van der Waals surface area contributed by atoms with Crippen LogP contribution in [0.3, 0.4) is 0 Å². The Labute approximate surface area is 94.9 Å². The largest absolute Gasteiger partial charge is 0.396 e. The zero-order valence-corrected chi connectivity index (χ0v) is 9.44. The minimum atomic E-state index is 0.152. The van der Waals surface area contributed by atoms with E-state index in [2.05, 4.69) is 15.3 Å². The molecule has 6 heteroatoms. The third kappa shape index (κ3) is 4.41. The van der Waals surface area contributed by atoms with Crippen molar-refractivity contribution in [3.05, 3.63) is 11.9 Å². The van der Waals surface area contributed by atoms with Crippen LogP contribution in [0.25, 0.3) is 0 Å². The van der Waals surface area contributed by atoms with Crippen LogP contribution in [0, 0.1) is 0 Å². The maximum atomic E-state index is 8.65. The molecule has 0 aromatic carbocycles. The van der Waals surface area contributed by atoms with Gasteiger partial charge in [-0.25, -0.2) is 9.97 Å². The van der Waals surface area contributed by atoms with Gasteiger partial charge in [-0.1, -0.05) is 0 Å².